The number of cyclic esters (lactones) is 1. The molecule has 4 heterocycles. The molecule has 0 aromatic heterocycles. The van der Waals surface area contributed by atoms with Crippen molar-refractivity contribution in [1.29, 1.82) is 0 Å². The van der Waals surface area contributed by atoms with Crippen molar-refractivity contribution in [2.75, 3.05) is 34.9 Å². The summed E-state index contributed by atoms with van der Waals surface area (Å²) >= 11 is 0. The molecule has 310 valence electrons. The Morgan fingerprint density at radius 3 is 2.24 bits per heavy atom. The topological polar surface area (TPSA) is 192 Å². The van der Waals surface area contributed by atoms with Gasteiger partial charge >= 0.3 is 5.97 Å². The van der Waals surface area contributed by atoms with Gasteiger partial charge < -0.3 is 62.9 Å². The summed E-state index contributed by atoms with van der Waals surface area (Å²) in [5.41, 5.74) is -0.878. The van der Waals surface area contributed by atoms with Crippen LogP contribution in [-0.2, 0) is 52.3 Å². The van der Waals surface area contributed by atoms with Gasteiger partial charge in [0.15, 0.2) is 18.4 Å². The highest BCUT2D eigenvalue weighted by molar-refractivity contribution is 5.91. The maximum absolute atomic E-state index is 13.6. The van der Waals surface area contributed by atoms with Crippen LogP contribution in [0.15, 0.2) is 12.2 Å². The number of likely N-dealkylation sites (N-methyl/N-ethyl adjacent to an activating group) is 1. The van der Waals surface area contributed by atoms with Gasteiger partial charge in [-0.15, -0.1) is 0 Å². The fourth-order valence-electron chi connectivity index (χ4n) is 8.33. The van der Waals surface area contributed by atoms with Gasteiger partial charge in [-0.2, -0.15) is 0 Å². The van der Waals surface area contributed by atoms with Crippen LogP contribution >= 0.6 is 0 Å². The number of aldehydes is 1. The van der Waals surface area contributed by atoms with Crippen molar-refractivity contribution in [3.63, 3.8) is 0 Å². The lowest BCUT2D eigenvalue weighted by molar-refractivity contribution is -0.305. The van der Waals surface area contributed by atoms with E-state index in [0.29, 0.717) is 12.8 Å². The Morgan fingerprint density at radius 1 is 0.963 bits per heavy atom. The Kier molecular flexibility index (Phi) is 16.2. The van der Waals surface area contributed by atoms with Crippen LogP contribution in [0.4, 0.5) is 0 Å². The lowest BCUT2D eigenvalue weighted by Crippen LogP contribution is -2.59. The number of aliphatic hydroxyl groups is 3. The van der Waals surface area contributed by atoms with Crippen LogP contribution in [0, 0.1) is 23.7 Å². The molecule has 0 aromatic rings. The molecule has 18 atom stereocenters. The molecule has 3 saturated heterocycles. The molecule has 11 unspecified atom stereocenters. The molecule has 4 aliphatic rings. The van der Waals surface area contributed by atoms with E-state index in [9.17, 15) is 29.7 Å². The molecule has 3 N–H and O–H groups in total. The average molecular weight is 772 g/mol. The Labute approximate surface area is 319 Å². The third-order valence-corrected chi connectivity index (χ3v) is 11.9. The number of carbonyl (C=O) groups excluding carboxylic acids is 3. The van der Waals surface area contributed by atoms with E-state index in [2.05, 4.69) is 0 Å². The zero-order valence-electron chi connectivity index (χ0n) is 33.6. The average Bonchev–Trinajstić information content (AvgIpc) is 3.80. The second-order valence-electron chi connectivity index (χ2n) is 16.1. The number of nitrogens with zero attached hydrogens (tertiary/aromatic N) is 1. The van der Waals surface area contributed by atoms with E-state index in [1.165, 1.54) is 20.3 Å². The third kappa shape index (κ3) is 10.5. The largest absolute Gasteiger partial charge is 0.462 e. The number of rotatable bonds is 11. The van der Waals surface area contributed by atoms with Gasteiger partial charge in [0.2, 0.25) is 0 Å². The highest BCUT2D eigenvalue weighted by atomic mass is 16.7. The number of ether oxygens (including phenoxy) is 8. The summed E-state index contributed by atoms with van der Waals surface area (Å²) < 4.78 is 48.4. The van der Waals surface area contributed by atoms with Crippen LogP contribution in [0.1, 0.15) is 73.6 Å². The minimum atomic E-state index is -1.24. The van der Waals surface area contributed by atoms with Crippen molar-refractivity contribution in [3.8, 4) is 0 Å². The standard InChI is InChI=1S/C39H65NO14/c1-11-29-25(19-49-38-36(48-10)35(47-9)33(46)23(5)51-38)37-39(6,54-37)14-12-27(42)20(2)16-24(13-15-41)34(21(3)28(43)18-30(44)52-29)53-31-17-26(40(7)8)32(45)22(4)50-31/h12,14-15,20-26,28-29,31-38,43,45-46H,11,13,16-19H2,1-10H3/b14-12+/t20-,21+,22?,23?,24+,25+,26?,28-,29+,31?,32?,33?,34-,35?,36?,37?,38?,39?/m1/s1. The zero-order chi connectivity index (χ0) is 40.1. The summed E-state index contributed by atoms with van der Waals surface area (Å²) in [4.78, 5) is 41.2. The monoisotopic (exact) mass is 771 g/mol. The second-order valence-corrected chi connectivity index (χ2v) is 16.1. The zero-order valence-corrected chi connectivity index (χ0v) is 33.6. The van der Waals surface area contributed by atoms with Crippen molar-refractivity contribution < 1.29 is 67.6 Å². The number of fused-ring (bicyclic) bond motifs is 1. The molecule has 4 rings (SSSR count). The number of allylic oxidation sites excluding steroid dienone is 1. The fraction of sp³-hybridized carbons (Fsp3) is 0.872. The van der Waals surface area contributed by atoms with Gasteiger partial charge in [-0.05, 0) is 65.8 Å². The first-order valence-corrected chi connectivity index (χ1v) is 19.4. The van der Waals surface area contributed by atoms with E-state index in [-0.39, 0.29) is 37.7 Å². The van der Waals surface area contributed by atoms with E-state index in [0.717, 1.165) is 6.29 Å². The van der Waals surface area contributed by atoms with Crippen LogP contribution in [-0.4, -0.2) is 158 Å². The van der Waals surface area contributed by atoms with Crippen molar-refractivity contribution >= 4 is 18.0 Å². The van der Waals surface area contributed by atoms with Gasteiger partial charge in [0.25, 0.3) is 0 Å². The lowest BCUT2D eigenvalue weighted by Gasteiger charge is -2.44. The van der Waals surface area contributed by atoms with Gasteiger partial charge in [0.05, 0.1) is 49.7 Å². The van der Waals surface area contributed by atoms with Crippen molar-refractivity contribution in [2.45, 2.75) is 159 Å². The van der Waals surface area contributed by atoms with Gasteiger partial charge in [0.1, 0.15) is 36.3 Å². The first-order chi connectivity index (χ1) is 25.5. The van der Waals surface area contributed by atoms with Crippen molar-refractivity contribution in [3.05, 3.63) is 12.2 Å². The number of aliphatic hydroxyl groups excluding tert-OH is 3. The van der Waals surface area contributed by atoms with E-state index >= 15 is 0 Å². The molecule has 15 heteroatoms. The molecule has 0 aliphatic carbocycles. The Bertz CT molecular complexity index is 1270. The molecule has 0 saturated carbocycles. The Balaban J connectivity index is 1.62. The number of methoxy groups -OCH3 is 2. The number of epoxide rings is 1. The molecular formula is C39H65NO14. The third-order valence-electron chi connectivity index (χ3n) is 11.9. The summed E-state index contributed by atoms with van der Waals surface area (Å²) in [6, 6.07) is -0.269. The molecule has 0 radical (unpaired) electrons. The van der Waals surface area contributed by atoms with Crippen LogP contribution in [0.3, 0.4) is 0 Å². The second kappa shape index (κ2) is 19.5. The predicted octanol–water partition coefficient (Wildman–Crippen LogP) is 1.80. The highest BCUT2D eigenvalue weighted by Crippen LogP contribution is 2.45. The summed E-state index contributed by atoms with van der Waals surface area (Å²) in [6.45, 7) is 10.7. The number of carbonyl (C=O) groups is 3. The van der Waals surface area contributed by atoms with Gasteiger partial charge in [0, 0.05) is 50.9 Å². The quantitative estimate of drug-likeness (QED) is 0.156. The Hall–Kier alpha value is -1.89. The molecule has 4 aliphatic heterocycles. The van der Waals surface area contributed by atoms with E-state index in [4.69, 9.17) is 37.9 Å². The maximum Gasteiger partial charge on any atom is 0.308 e. The number of hydrogen-bond acceptors (Lipinski definition) is 15. The SMILES string of the molecule is CC[C@@H]1OC(=O)C[C@@H](O)[C@H](C)[C@@H](OC2CC(N(C)C)C(O)C(C)O2)[C@@H](CC=O)C[C@@H](C)C(=O)/C=C/C2(C)OC2[C@H]1COC1OC(C)C(O)C(OC)C1OC. The number of hydrogen-bond donors (Lipinski definition) is 3. The molecular weight excluding hydrogens is 706 g/mol. The summed E-state index contributed by atoms with van der Waals surface area (Å²) in [5.74, 6) is -3.04. The molecule has 15 nitrogen and oxygen atoms in total. The minimum Gasteiger partial charge on any atom is -0.462 e. The van der Waals surface area contributed by atoms with Crippen molar-refractivity contribution in [1.82, 2.24) is 4.90 Å². The molecule has 54 heavy (non-hydrogen) atoms. The number of ketones is 1. The van der Waals surface area contributed by atoms with Crippen LogP contribution in [0.5, 0.6) is 0 Å². The first-order valence-electron chi connectivity index (χ1n) is 19.4. The summed E-state index contributed by atoms with van der Waals surface area (Å²) in [6.07, 6.45) is -4.59. The Morgan fingerprint density at radius 2 is 1.63 bits per heavy atom. The van der Waals surface area contributed by atoms with E-state index in [1.54, 1.807) is 33.8 Å². The molecule has 3 fully saturated rings. The lowest BCUT2D eigenvalue weighted by atomic mass is 9.79. The maximum atomic E-state index is 13.6. The number of esters is 1. The minimum absolute atomic E-state index is 0.0126. The summed E-state index contributed by atoms with van der Waals surface area (Å²) in [7, 11) is 6.68. The smallest absolute Gasteiger partial charge is 0.308 e. The van der Waals surface area contributed by atoms with Gasteiger partial charge in [-0.3, -0.25) is 9.59 Å². The van der Waals surface area contributed by atoms with Gasteiger partial charge in [-0.25, -0.2) is 0 Å². The molecule has 0 aromatic carbocycles. The predicted molar refractivity (Wildman–Crippen MR) is 194 cm³/mol. The van der Waals surface area contributed by atoms with Crippen LogP contribution in [0.25, 0.3) is 0 Å². The first kappa shape index (κ1) is 44.8. The molecule has 0 amide bonds. The van der Waals surface area contributed by atoms with Crippen molar-refractivity contribution in [2.24, 2.45) is 23.7 Å². The summed E-state index contributed by atoms with van der Waals surface area (Å²) in [5, 5.41) is 33.0. The molecule has 0 spiro atoms. The molecule has 0 bridgehead atoms. The van der Waals surface area contributed by atoms with Crippen LogP contribution < -0.4 is 0 Å². The van der Waals surface area contributed by atoms with E-state index in [1.807, 2.05) is 32.8 Å². The normalized spacial score (nSPS) is 46.1. The van der Waals surface area contributed by atoms with Crippen LogP contribution in [0.2, 0.25) is 0 Å². The van der Waals surface area contributed by atoms with Gasteiger partial charge in [-0.1, -0.05) is 20.8 Å². The van der Waals surface area contributed by atoms with E-state index < -0.39 is 109 Å². The highest BCUT2D eigenvalue weighted by Gasteiger charge is 2.57. The fourth-order valence-corrected chi connectivity index (χ4v) is 8.33.